The van der Waals surface area contributed by atoms with E-state index in [0.29, 0.717) is 0 Å². The van der Waals surface area contributed by atoms with Gasteiger partial charge in [-0.05, 0) is 22.9 Å². The van der Waals surface area contributed by atoms with Crippen LogP contribution in [0.1, 0.15) is 0 Å². The van der Waals surface area contributed by atoms with E-state index in [9.17, 15) is 0 Å². The molecule has 92 valence electrons. The summed E-state index contributed by atoms with van der Waals surface area (Å²) in [4.78, 5) is 0. The summed E-state index contributed by atoms with van der Waals surface area (Å²) in [6.07, 6.45) is 1.70. The Morgan fingerprint density at radius 2 is 0.947 bits per heavy atom. The molecule has 1 heterocycles. The first-order valence-corrected chi connectivity index (χ1v) is 6.29. The summed E-state index contributed by atoms with van der Waals surface area (Å²) in [5.74, 6) is 0. The Morgan fingerprint density at radius 3 is 1.47 bits per heavy atom. The van der Waals surface area contributed by atoms with Crippen molar-refractivity contribution in [3.05, 3.63) is 85.1 Å². The molecule has 0 N–H and O–H groups in total. The summed E-state index contributed by atoms with van der Waals surface area (Å²) in [5, 5.41) is 3.78. The predicted octanol–water partition coefficient (Wildman–Crippen LogP) is 5.27. The van der Waals surface area contributed by atoms with Crippen LogP contribution in [0.15, 0.2) is 89.5 Å². The summed E-state index contributed by atoms with van der Waals surface area (Å²) in [6.45, 7) is 0. The lowest BCUT2D eigenvalue weighted by Gasteiger charge is -1.92. The minimum Gasteiger partial charge on any atom is -0.464 e. The highest BCUT2D eigenvalue weighted by atomic mass is 16.3. The molecular formula is C18H14O. The van der Waals surface area contributed by atoms with Crippen molar-refractivity contribution in [3.63, 3.8) is 0 Å². The summed E-state index contributed by atoms with van der Waals surface area (Å²) >= 11 is 0. The maximum Gasteiger partial charge on any atom is 0.133 e. The number of fused-ring (bicyclic) bond motifs is 2. The van der Waals surface area contributed by atoms with Crippen molar-refractivity contribution >= 4 is 21.7 Å². The van der Waals surface area contributed by atoms with Gasteiger partial charge in [0.25, 0.3) is 0 Å². The van der Waals surface area contributed by atoms with Crippen LogP contribution >= 0.6 is 0 Å². The molecular weight excluding hydrogens is 232 g/mol. The molecule has 0 saturated carbocycles. The van der Waals surface area contributed by atoms with Crippen LogP contribution < -0.4 is 0 Å². The molecule has 0 aliphatic rings. The van der Waals surface area contributed by atoms with Crippen LogP contribution in [0.5, 0.6) is 0 Å². The smallest absolute Gasteiger partial charge is 0.133 e. The first kappa shape index (κ1) is 11.5. The zero-order valence-electron chi connectivity index (χ0n) is 10.5. The number of furan rings is 1. The fourth-order valence-corrected chi connectivity index (χ4v) is 2.04. The average molecular weight is 246 g/mol. The number of benzene rings is 3. The number of hydrogen-bond acceptors (Lipinski definition) is 1. The van der Waals surface area contributed by atoms with E-state index in [1.807, 2.05) is 30.3 Å². The Hall–Kier alpha value is -2.54. The average Bonchev–Trinajstić information content (AvgIpc) is 2.96. The molecule has 0 amide bonds. The monoisotopic (exact) mass is 246 g/mol. The molecule has 0 fully saturated rings. The van der Waals surface area contributed by atoms with Gasteiger partial charge in [0.15, 0.2) is 0 Å². The Balaban J connectivity index is 0.000000117. The molecule has 0 saturated heterocycles. The molecule has 0 atom stereocenters. The zero-order valence-corrected chi connectivity index (χ0v) is 10.5. The van der Waals surface area contributed by atoms with Crippen molar-refractivity contribution in [1.29, 1.82) is 0 Å². The Morgan fingerprint density at radius 1 is 0.474 bits per heavy atom. The third kappa shape index (κ3) is 2.66. The van der Waals surface area contributed by atoms with Crippen LogP contribution in [0.2, 0.25) is 0 Å². The Bertz CT molecular complexity index is 688. The molecule has 0 bridgehead atoms. The van der Waals surface area contributed by atoms with Gasteiger partial charge in [-0.15, -0.1) is 0 Å². The van der Waals surface area contributed by atoms with E-state index in [0.717, 1.165) is 11.0 Å². The fourth-order valence-electron chi connectivity index (χ4n) is 2.04. The molecule has 4 aromatic rings. The van der Waals surface area contributed by atoms with E-state index >= 15 is 0 Å². The first-order valence-electron chi connectivity index (χ1n) is 6.29. The van der Waals surface area contributed by atoms with Crippen molar-refractivity contribution in [1.82, 2.24) is 0 Å². The van der Waals surface area contributed by atoms with E-state index < -0.39 is 0 Å². The molecule has 0 aliphatic carbocycles. The number of hydrogen-bond donors (Lipinski definition) is 0. The SMILES string of the molecule is c1ccc2ccccc2c1.c1ccc2occc2c1. The minimum atomic E-state index is 0.956. The normalized spacial score (nSPS) is 10.1. The third-order valence-corrected chi connectivity index (χ3v) is 3.02. The number of para-hydroxylation sites is 1. The highest BCUT2D eigenvalue weighted by Gasteiger charge is 1.89. The fraction of sp³-hybridized carbons (Fsp3) is 0. The van der Waals surface area contributed by atoms with Crippen molar-refractivity contribution < 1.29 is 4.42 Å². The highest BCUT2D eigenvalue weighted by molar-refractivity contribution is 5.82. The maximum absolute atomic E-state index is 5.12. The maximum atomic E-state index is 5.12. The van der Waals surface area contributed by atoms with Gasteiger partial charge in [-0.25, -0.2) is 0 Å². The predicted molar refractivity (Wildman–Crippen MR) is 80.2 cm³/mol. The summed E-state index contributed by atoms with van der Waals surface area (Å²) in [7, 11) is 0. The van der Waals surface area contributed by atoms with Gasteiger partial charge in [0, 0.05) is 5.39 Å². The van der Waals surface area contributed by atoms with Gasteiger partial charge in [-0.2, -0.15) is 0 Å². The lowest BCUT2D eigenvalue weighted by molar-refractivity contribution is 0.616. The molecule has 0 radical (unpaired) electrons. The van der Waals surface area contributed by atoms with Gasteiger partial charge in [-0.1, -0.05) is 66.7 Å². The second-order valence-electron chi connectivity index (χ2n) is 4.31. The number of rotatable bonds is 0. The zero-order chi connectivity index (χ0) is 12.9. The minimum absolute atomic E-state index is 0.956. The van der Waals surface area contributed by atoms with Gasteiger partial charge >= 0.3 is 0 Å². The molecule has 4 rings (SSSR count). The van der Waals surface area contributed by atoms with E-state index in [1.54, 1.807) is 6.26 Å². The molecule has 1 nitrogen and oxygen atoms in total. The molecule has 0 aliphatic heterocycles. The molecule has 3 aromatic carbocycles. The van der Waals surface area contributed by atoms with E-state index in [2.05, 4.69) is 48.5 Å². The van der Waals surface area contributed by atoms with Crippen LogP contribution in [0.4, 0.5) is 0 Å². The van der Waals surface area contributed by atoms with Crippen molar-refractivity contribution in [3.8, 4) is 0 Å². The van der Waals surface area contributed by atoms with Crippen LogP contribution in [-0.2, 0) is 0 Å². The quantitative estimate of drug-likeness (QED) is 0.412. The van der Waals surface area contributed by atoms with Gasteiger partial charge < -0.3 is 4.42 Å². The molecule has 0 spiro atoms. The lowest BCUT2D eigenvalue weighted by atomic mass is 10.1. The standard InChI is InChI=1S/C10H8.C8H6O/c1-2-6-10-8-4-3-7-9(10)5-1;1-2-4-8-7(3-1)5-6-9-8/h1-8H;1-6H. The summed E-state index contributed by atoms with van der Waals surface area (Å²) < 4.78 is 5.12. The first-order chi connectivity index (χ1) is 9.43. The van der Waals surface area contributed by atoms with Crippen molar-refractivity contribution in [2.24, 2.45) is 0 Å². The van der Waals surface area contributed by atoms with Gasteiger partial charge in [-0.3, -0.25) is 0 Å². The van der Waals surface area contributed by atoms with Gasteiger partial charge in [0.2, 0.25) is 0 Å². The van der Waals surface area contributed by atoms with Crippen LogP contribution in [0.25, 0.3) is 21.7 Å². The Labute approximate surface area is 112 Å². The summed E-state index contributed by atoms with van der Waals surface area (Å²) in [5.41, 5.74) is 0.956. The topological polar surface area (TPSA) is 13.1 Å². The summed E-state index contributed by atoms with van der Waals surface area (Å²) in [6, 6.07) is 26.6. The van der Waals surface area contributed by atoms with Gasteiger partial charge in [0.05, 0.1) is 6.26 Å². The van der Waals surface area contributed by atoms with Gasteiger partial charge in [0.1, 0.15) is 5.58 Å². The third-order valence-electron chi connectivity index (χ3n) is 3.02. The van der Waals surface area contributed by atoms with E-state index in [4.69, 9.17) is 4.42 Å². The largest absolute Gasteiger partial charge is 0.464 e. The molecule has 19 heavy (non-hydrogen) atoms. The lowest BCUT2D eigenvalue weighted by Crippen LogP contribution is -1.67. The highest BCUT2D eigenvalue weighted by Crippen LogP contribution is 2.13. The van der Waals surface area contributed by atoms with E-state index in [-0.39, 0.29) is 0 Å². The van der Waals surface area contributed by atoms with Crippen molar-refractivity contribution in [2.75, 3.05) is 0 Å². The second-order valence-corrected chi connectivity index (χ2v) is 4.31. The molecule has 0 unspecified atom stereocenters. The van der Waals surface area contributed by atoms with Crippen molar-refractivity contribution in [2.45, 2.75) is 0 Å². The second kappa shape index (κ2) is 5.40. The van der Waals surface area contributed by atoms with Crippen LogP contribution in [0.3, 0.4) is 0 Å². The van der Waals surface area contributed by atoms with Crippen LogP contribution in [0, 0.1) is 0 Å². The molecule has 1 heteroatoms. The molecule has 1 aromatic heterocycles. The Kier molecular flexibility index (Phi) is 3.28. The van der Waals surface area contributed by atoms with E-state index in [1.165, 1.54) is 10.8 Å². The van der Waals surface area contributed by atoms with Crippen LogP contribution in [-0.4, -0.2) is 0 Å².